The van der Waals surface area contributed by atoms with Gasteiger partial charge in [-0.3, -0.25) is 4.79 Å². The van der Waals surface area contributed by atoms with Crippen LogP contribution < -0.4 is 5.32 Å². The smallest absolute Gasteiger partial charge is 0.233 e. The first-order valence-electron chi connectivity index (χ1n) is 8.51. The summed E-state index contributed by atoms with van der Waals surface area (Å²) in [4.78, 5) is 12.2. The molecule has 1 aliphatic carbocycles. The molecule has 1 fully saturated rings. The minimum Gasteiger partial charge on any atom is -0.467 e. The quantitative estimate of drug-likeness (QED) is 0.811. The Balaban J connectivity index is 1.56. The van der Waals surface area contributed by atoms with Crippen LogP contribution in [0.15, 0.2) is 28.0 Å². The zero-order valence-electron chi connectivity index (χ0n) is 14.2. The summed E-state index contributed by atoms with van der Waals surface area (Å²) in [5.41, 5.74) is 0. The molecule has 1 atom stereocenters. The zero-order valence-corrected chi connectivity index (χ0v) is 15.0. The van der Waals surface area contributed by atoms with Crippen LogP contribution >= 0.6 is 11.8 Å². The predicted molar refractivity (Wildman–Crippen MR) is 92.7 cm³/mol. The molecule has 1 aliphatic rings. The molecule has 3 rings (SSSR count). The Bertz CT molecular complexity index is 662. The Morgan fingerprint density at radius 1 is 1.42 bits per heavy atom. The highest BCUT2D eigenvalue weighted by molar-refractivity contribution is 8.00. The van der Waals surface area contributed by atoms with Gasteiger partial charge in [0.05, 0.1) is 18.1 Å². The van der Waals surface area contributed by atoms with E-state index in [-0.39, 0.29) is 11.2 Å². The largest absolute Gasteiger partial charge is 0.467 e. The van der Waals surface area contributed by atoms with Crippen molar-refractivity contribution in [2.45, 2.75) is 61.9 Å². The Hall–Kier alpha value is -1.76. The molecule has 1 N–H and O–H groups in total. The average Bonchev–Trinajstić information content (AvgIpc) is 3.24. The maximum atomic E-state index is 12.2. The Kier molecular flexibility index (Phi) is 5.60. The first-order valence-corrected chi connectivity index (χ1v) is 9.39. The third-order valence-corrected chi connectivity index (χ3v) is 5.64. The number of carbonyl (C=O) groups excluding carboxylic acids is 1. The molecule has 130 valence electrons. The highest BCUT2D eigenvalue weighted by Crippen LogP contribution is 2.33. The van der Waals surface area contributed by atoms with E-state index in [1.807, 2.05) is 26.1 Å². The molecule has 0 spiro atoms. The number of rotatable bonds is 6. The van der Waals surface area contributed by atoms with Gasteiger partial charge in [0.15, 0.2) is 5.16 Å². The van der Waals surface area contributed by atoms with E-state index >= 15 is 0 Å². The first-order chi connectivity index (χ1) is 11.6. The van der Waals surface area contributed by atoms with E-state index in [0.29, 0.717) is 12.5 Å². The average molecular weight is 348 g/mol. The van der Waals surface area contributed by atoms with Crippen LogP contribution in [-0.2, 0) is 18.4 Å². The lowest BCUT2D eigenvalue weighted by Gasteiger charge is -2.20. The lowest BCUT2D eigenvalue weighted by atomic mass is 9.89. The molecule has 6 nitrogen and oxygen atoms in total. The van der Waals surface area contributed by atoms with Gasteiger partial charge >= 0.3 is 0 Å². The van der Waals surface area contributed by atoms with Gasteiger partial charge in [0, 0.05) is 13.0 Å². The van der Waals surface area contributed by atoms with Crippen molar-refractivity contribution in [3.05, 3.63) is 30.0 Å². The normalized spacial score (nSPS) is 16.9. The fraction of sp³-hybridized carbons (Fsp3) is 0.588. The van der Waals surface area contributed by atoms with Crippen molar-refractivity contribution < 1.29 is 9.21 Å². The van der Waals surface area contributed by atoms with E-state index in [2.05, 4.69) is 20.1 Å². The molecule has 0 aromatic carbocycles. The molecule has 2 heterocycles. The molecule has 24 heavy (non-hydrogen) atoms. The Morgan fingerprint density at radius 2 is 2.21 bits per heavy atom. The Labute approximate surface area is 146 Å². The second-order valence-corrected chi connectivity index (χ2v) is 7.60. The highest BCUT2D eigenvalue weighted by Gasteiger charge is 2.24. The topological polar surface area (TPSA) is 73.0 Å². The molecule has 1 saturated carbocycles. The van der Waals surface area contributed by atoms with E-state index in [4.69, 9.17) is 4.42 Å². The number of thioether (sulfide) groups is 1. The summed E-state index contributed by atoms with van der Waals surface area (Å²) in [7, 11) is 2.00. The summed E-state index contributed by atoms with van der Waals surface area (Å²) in [6, 6.07) is 3.66. The van der Waals surface area contributed by atoms with Crippen LogP contribution in [-0.4, -0.2) is 25.9 Å². The fourth-order valence-electron chi connectivity index (χ4n) is 3.09. The van der Waals surface area contributed by atoms with Gasteiger partial charge in [-0.05, 0) is 31.9 Å². The summed E-state index contributed by atoms with van der Waals surface area (Å²) in [6.07, 6.45) is 7.84. The second-order valence-electron chi connectivity index (χ2n) is 6.29. The zero-order chi connectivity index (χ0) is 16.9. The third-order valence-electron chi connectivity index (χ3n) is 4.51. The number of nitrogens with one attached hydrogen (secondary N) is 1. The van der Waals surface area contributed by atoms with Gasteiger partial charge in [0.25, 0.3) is 0 Å². The summed E-state index contributed by atoms with van der Waals surface area (Å²) in [5.74, 6) is 2.28. The number of hydrogen-bond acceptors (Lipinski definition) is 5. The van der Waals surface area contributed by atoms with E-state index in [1.165, 1.54) is 43.9 Å². The highest BCUT2D eigenvalue weighted by atomic mass is 32.2. The van der Waals surface area contributed by atoms with Crippen LogP contribution in [0.25, 0.3) is 0 Å². The molecule has 0 bridgehead atoms. The predicted octanol–water partition coefficient (Wildman–Crippen LogP) is 3.25. The van der Waals surface area contributed by atoms with Gasteiger partial charge in [0.2, 0.25) is 5.91 Å². The van der Waals surface area contributed by atoms with Gasteiger partial charge in [-0.1, -0.05) is 31.0 Å². The van der Waals surface area contributed by atoms with Gasteiger partial charge in [-0.25, -0.2) is 0 Å². The summed E-state index contributed by atoms with van der Waals surface area (Å²) in [6.45, 7) is 2.29. The number of aromatic nitrogens is 3. The maximum absolute atomic E-state index is 12.2. The minimum atomic E-state index is -0.234. The summed E-state index contributed by atoms with van der Waals surface area (Å²) < 4.78 is 7.28. The van der Waals surface area contributed by atoms with Crippen molar-refractivity contribution in [2.75, 3.05) is 0 Å². The van der Waals surface area contributed by atoms with E-state index in [1.54, 1.807) is 6.26 Å². The van der Waals surface area contributed by atoms with Gasteiger partial charge in [-0.15, -0.1) is 10.2 Å². The van der Waals surface area contributed by atoms with E-state index in [9.17, 15) is 4.79 Å². The molecule has 0 saturated heterocycles. The van der Waals surface area contributed by atoms with Crippen molar-refractivity contribution in [3.63, 3.8) is 0 Å². The number of hydrogen-bond donors (Lipinski definition) is 1. The molecular formula is C17H24N4O2S. The first kappa shape index (κ1) is 17.1. The van der Waals surface area contributed by atoms with Crippen molar-refractivity contribution in [1.82, 2.24) is 20.1 Å². The van der Waals surface area contributed by atoms with Crippen LogP contribution in [0.4, 0.5) is 0 Å². The SMILES string of the molecule is CC(Sc1nnc(C2CCCCC2)n1C)C(=O)NCc1ccco1. The molecule has 0 aliphatic heterocycles. The molecule has 2 aromatic rings. The Morgan fingerprint density at radius 3 is 2.92 bits per heavy atom. The minimum absolute atomic E-state index is 0.0291. The fourth-order valence-corrected chi connectivity index (χ4v) is 3.93. The van der Waals surface area contributed by atoms with Gasteiger partial charge in [0.1, 0.15) is 11.6 Å². The van der Waals surface area contributed by atoms with Crippen LogP contribution in [0.1, 0.15) is 56.5 Å². The number of nitrogens with zero attached hydrogens (tertiary/aromatic N) is 3. The maximum Gasteiger partial charge on any atom is 0.233 e. The van der Waals surface area contributed by atoms with Crippen LogP contribution in [0.2, 0.25) is 0 Å². The number of furan rings is 1. The third kappa shape index (κ3) is 4.01. The molecule has 0 radical (unpaired) electrons. The lowest BCUT2D eigenvalue weighted by molar-refractivity contribution is -0.120. The standard InChI is InChI=1S/C17H24N4O2S/c1-12(16(22)18-11-14-9-6-10-23-14)24-17-20-19-15(21(17)2)13-7-4-3-5-8-13/h6,9-10,12-13H,3-5,7-8,11H2,1-2H3,(H,18,22). The number of carbonyl (C=O) groups is 1. The van der Waals surface area contributed by atoms with Crippen molar-refractivity contribution in [3.8, 4) is 0 Å². The molecular weight excluding hydrogens is 324 g/mol. The molecule has 1 unspecified atom stereocenters. The van der Waals surface area contributed by atoms with Crippen LogP contribution in [0.3, 0.4) is 0 Å². The number of amides is 1. The summed E-state index contributed by atoms with van der Waals surface area (Å²) >= 11 is 1.45. The van der Waals surface area contributed by atoms with Gasteiger partial charge < -0.3 is 14.3 Å². The van der Waals surface area contributed by atoms with E-state index < -0.39 is 0 Å². The molecule has 1 amide bonds. The van der Waals surface area contributed by atoms with Crippen molar-refractivity contribution in [2.24, 2.45) is 7.05 Å². The second kappa shape index (κ2) is 7.88. The lowest BCUT2D eigenvalue weighted by Crippen LogP contribution is -2.30. The van der Waals surface area contributed by atoms with Gasteiger partial charge in [-0.2, -0.15) is 0 Å². The summed E-state index contributed by atoms with van der Waals surface area (Å²) in [5, 5.41) is 12.1. The van der Waals surface area contributed by atoms with Crippen LogP contribution in [0, 0.1) is 0 Å². The van der Waals surface area contributed by atoms with Crippen molar-refractivity contribution in [1.29, 1.82) is 0 Å². The van der Waals surface area contributed by atoms with Crippen molar-refractivity contribution >= 4 is 17.7 Å². The monoisotopic (exact) mass is 348 g/mol. The molecule has 7 heteroatoms. The van der Waals surface area contributed by atoms with E-state index in [0.717, 1.165) is 16.7 Å². The molecule has 2 aromatic heterocycles. The van der Waals surface area contributed by atoms with Crippen LogP contribution in [0.5, 0.6) is 0 Å².